The molecule has 0 aliphatic rings. The van der Waals surface area contributed by atoms with Crippen molar-refractivity contribution < 1.29 is 12.8 Å². The highest BCUT2D eigenvalue weighted by Crippen LogP contribution is 2.19. The maximum absolute atomic E-state index is 12.9. The van der Waals surface area contributed by atoms with Gasteiger partial charge in [-0.15, -0.1) is 0 Å². The number of rotatable bonds is 3. The van der Waals surface area contributed by atoms with Crippen LogP contribution in [0.15, 0.2) is 47.6 Å². The minimum absolute atomic E-state index is 0.000684. The molecule has 1 N–H and O–H groups in total. The Labute approximate surface area is 108 Å². The van der Waals surface area contributed by atoms with Crippen LogP contribution in [0.1, 0.15) is 0 Å². The van der Waals surface area contributed by atoms with Gasteiger partial charge in [-0.2, -0.15) is 0 Å². The van der Waals surface area contributed by atoms with Gasteiger partial charge in [-0.25, -0.2) is 12.8 Å². The van der Waals surface area contributed by atoms with Crippen molar-refractivity contribution >= 4 is 27.3 Å². The summed E-state index contributed by atoms with van der Waals surface area (Å²) in [6.45, 7) is 0. The molecule has 0 saturated heterocycles. The maximum atomic E-state index is 12.9. The number of benzene rings is 1. The third-order valence-corrected chi connectivity index (χ3v) is 3.68. The van der Waals surface area contributed by atoms with E-state index < -0.39 is 15.8 Å². The molecular weight excluding hydrogens is 279 g/mol. The Morgan fingerprint density at radius 2 is 2.00 bits per heavy atom. The van der Waals surface area contributed by atoms with Crippen LogP contribution in [0.2, 0.25) is 5.02 Å². The van der Waals surface area contributed by atoms with Crippen LogP contribution in [0.3, 0.4) is 0 Å². The van der Waals surface area contributed by atoms with E-state index >= 15 is 0 Å². The van der Waals surface area contributed by atoms with Crippen molar-refractivity contribution in [3.63, 3.8) is 0 Å². The molecule has 0 unspecified atom stereocenters. The van der Waals surface area contributed by atoms with Gasteiger partial charge in [0, 0.05) is 11.1 Å². The lowest BCUT2D eigenvalue weighted by Crippen LogP contribution is -2.13. The minimum atomic E-state index is -3.79. The van der Waals surface area contributed by atoms with Crippen LogP contribution >= 0.6 is 11.6 Å². The van der Waals surface area contributed by atoms with E-state index in [1.54, 1.807) is 6.07 Å². The number of halogens is 2. The summed E-state index contributed by atoms with van der Waals surface area (Å²) in [5.74, 6) is -0.624. The van der Waals surface area contributed by atoms with Crippen molar-refractivity contribution in [2.45, 2.75) is 4.90 Å². The molecule has 7 heteroatoms. The first-order chi connectivity index (χ1) is 8.47. The summed E-state index contributed by atoms with van der Waals surface area (Å²) in [7, 11) is -3.79. The van der Waals surface area contributed by atoms with Crippen LogP contribution in [-0.4, -0.2) is 13.4 Å². The van der Waals surface area contributed by atoms with Gasteiger partial charge in [0.15, 0.2) is 0 Å². The molecule has 2 aromatic rings. The second kappa shape index (κ2) is 4.91. The quantitative estimate of drug-likeness (QED) is 0.944. The van der Waals surface area contributed by atoms with Gasteiger partial charge in [0.05, 0.1) is 23.0 Å². The third-order valence-electron chi connectivity index (χ3n) is 2.06. The fraction of sp³-hybridized carbons (Fsp3) is 0. The van der Waals surface area contributed by atoms with Crippen LogP contribution in [0.5, 0.6) is 0 Å². The molecule has 18 heavy (non-hydrogen) atoms. The molecule has 0 aliphatic heterocycles. The molecule has 4 nitrogen and oxygen atoms in total. The number of pyridine rings is 1. The first-order valence-corrected chi connectivity index (χ1v) is 6.72. The van der Waals surface area contributed by atoms with Gasteiger partial charge in [0.1, 0.15) is 5.82 Å². The maximum Gasteiger partial charge on any atom is 0.261 e. The van der Waals surface area contributed by atoms with Gasteiger partial charge in [-0.1, -0.05) is 17.7 Å². The fourth-order valence-electron chi connectivity index (χ4n) is 1.32. The molecule has 0 spiro atoms. The Morgan fingerprint density at radius 1 is 1.22 bits per heavy atom. The standard InChI is InChI=1S/C11H8ClFN2O2S/c12-8-2-1-3-11(4-8)18(16,17)15-10-5-9(13)6-14-7-10/h1-7,15H. The average molecular weight is 287 g/mol. The van der Waals surface area contributed by atoms with Crippen molar-refractivity contribution in [3.8, 4) is 0 Å². The summed E-state index contributed by atoms with van der Waals surface area (Å²) in [5, 5.41) is 0.301. The predicted octanol–water partition coefficient (Wildman–Crippen LogP) is 2.67. The van der Waals surface area contributed by atoms with E-state index in [0.717, 1.165) is 12.3 Å². The molecule has 0 amide bonds. The normalized spacial score (nSPS) is 11.2. The van der Waals surface area contributed by atoms with E-state index in [4.69, 9.17) is 11.6 Å². The minimum Gasteiger partial charge on any atom is -0.278 e. The number of anilines is 1. The first kappa shape index (κ1) is 12.8. The molecule has 2 rings (SSSR count). The highest BCUT2D eigenvalue weighted by molar-refractivity contribution is 7.92. The summed E-state index contributed by atoms with van der Waals surface area (Å²) < 4.78 is 39.0. The fourth-order valence-corrected chi connectivity index (χ4v) is 2.65. The van der Waals surface area contributed by atoms with Gasteiger partial charge in [0.25, 0.3) is 10.0 Å². The first-order valence-electron chi connectivity index (χ1n) is 4.86. The van der Waals surface area contributed by atoms with Gasteiger partial charge in [0.2, 0.25) is 0 Å². The Balaban J connectivity index is 2.33. The lowest BCUT2D eigenvalue weighted by atomic mass is 10.4. The summed E-state index contributed by atoms with van der Waals surface area (Å²) >= 11 is 5.71. The van der Waals surface area contributed by atoms with Crippen LogP contribution in [0.25, 0.3) is 0 Å². The summed E-state index contributed by atoms with van der Waals surface area (Å²) in [4.78, 5) is 3.55. The van der Waals surface area contributed by atoms with Crippen molar-refractivity contribution in [2.75, 3.05) is 4.72 Å². The Kier molecular flexibility index (Phi) is 3.49. The number of aromatic nitrogens is 1. The van der Waals surface area contributed by atoms with Gasteiger partial charge < -0.3 is 0 Å². The molecule has 94 valence electrons. The van der Waals surface area contributed by atoms with Crippen molar-refractivity contribution in [2.24, 2.45) is 0 Å². The third kappa shape index (κ3) is 2.96. The highest BCUT2D eigenvalue weighted by atomic mass is 35.5. The number of nitrogens with one attached hydrogen (secondary N) is 1. The molecule has 0 aliphatic carbocycles. The van der Waals surface area contributed by atoms with E-state index in [1.165, 1.54) is 24.4 Å². The molecule has 1 heterocycles. The summed E-state index contributed by atoms with van der Waals surface area (Å²) in [6, 6.07) is 6.80. The summed E-state index contributed by atoms with van der Waals surface area (Å²) in [5.41, 5.74) is 0.0509. The molecular formula is C11H8ClFN2O2S. The van der Waals surface area contributed by atoms with E-state index in [-0.39, 0.29) is 10.6 Å². The average Bonchev–Trinajstić information content (AvgIpc) is 2.28. The van der Waals surface area contributed by atoms with Gasteiger partial charge in [-0.3, -0.25) is 9.71 Å². The molecule has 0 radical (unpaired) electrons. The van der Waals surface area contributed by atoms with Crippen LogP contribution in [-0.2, 0) is 10.0 Å². The number of nitrogens with zero attached hydrogens (tertiary/aromatic N) is 1. The predicted molar refractivity (Wildman–Crippen MR) is 66.5 cm³/mol. The molecule has 1 aromatic carbocycles. The van der Waals surface area contributed by atoms with E-state index in [9.17, 15) is 12.8 Å². The second-order valence-corrected chi connectivity index (χ2v) is 5.57. The van der Waals surface area contributed by atoms with E-state index in [2.05, 4.69) is 9.71 Å². The van der Waals surface area contributed by atoms with Crippen molar-refractivity contribution in [1.82, 2.24) is 4.98 Å². The largest absolute Gasteiger partial charge is 0.278 e. The molecule has 1 aromatic heterocycles. The monoisotopic (exact) mass is 286 g/mol. The molecule has 0 saturated carbocycles. The number of hydrogen-bond donors (Lipinski definition) is 1. The number of sulfonamides is 1. The van der Waals surface area contributed by atoms with Crippen molar-refractivity contribution in [3.05, 3.63) is 53.6 Å². The number of hydrogen-bond acceptors (Lipinski definition) is 3. The van der Waals surface area contributed by atoms with E-state index in [1.807, 2.05) is 0 Å². The lowest BCUT2D eigenvalue weighted by molar-refractivity contribution is 0.601. The van der Waals surface area contributed by atoms with Gasteiger partial charge >= 0.3 is 0 Å². The Bertz CT molecular complexity index is 676. The summed E-state index contributed by atoms with van der Waals surface area (Å²) in [6.07, 6.45) is 2.20. The Morgan fingerprint density at radius 3 is 2.67 bits per heavy atom. The van der Waals surface area contributed by atoms with Crippen LogP contribution < -0.4 is 4.72 Å². The highest BCUT2D eigenvalue weighted by Gasteiger charge is 2.14. The molecule has 0 atom stereocenters. The second-order valence-electron chi connectivity index (χ2n) is 3.45. The van der Waals surface area contributed by atoms with Crippen molar-refractivity contribution in [1.29, 1.82) is 0 Å². The van der Waals surface area contributed by atoms with Crippen LogP contribution in [0.4, 0.5) is 10.1 Å². The molecule has 0 fully saturated rings. The zero-order valence-corrected chi connectivity index (χ0v) is 10.5. The molecule has 0 bridgehead atoms. The zero-order valence-electron chi connectivity index (χ0n) is 8.97. The Hall–Kier alpha value is -1.66. The van der Waals surface area contributed by atoms with E-state index in [0.29, 0.717) is 5.02 Å². The SMILES string of the molecule is O=S(=O)(Nc1cncc(F)c1)c1cccc(Cl)c1. The van der Waals surface area contributed by atoms with Gasteiger partial charge in [-0.05, 0) is 18.2 Å². The smallest absolute Gasteiger partial charge is 0.261 e. The lowest BCUT2D eigenvalue weighted by Gasteiger charge is -2.07. The van der Waals surface area contributed by atoms with Crippen LogP contribution in [0, 0.1) is 5.82 Å². The zero-order chi connectivity index (χ0) is 13.2. The topological polar surface area (TPSA) is 59.1 Å².